The first kappa shape index (κ1) is 10.7. The molecule has 2 atom stereocenters. The Morgan fingerprint density at radius 1 is 1.47 bits per heavy atom. The van der Waals surface area contributed by atoms with Crippen LogP contribution in [0.3, 0.4) is 0 Å². The van der Waals surface area contributed by atoms with Crippen molar-refractivity contribution < 1.29 is 4.79 Å². The Bertz CT molecular complexity index is 242. The number of hydrogen-bond acceptors (Lipinski definition) is 2. The first-order chi connectivity index (χ1) is 7.18. The largest absolute Gasteiger partial charge is 0.336 e. The molecule has 0 aromatic heterocycles. The zero-order valence-electron chi connectivity index (χ0n) is 9.62. The molecule has 2 rings (SSSR count). The lowest BCUT2D eigenvalue weighted by atomic mass is 9.92. The standard InChI is InChI=1S/C11H21N3O/c1-8(2)13-11(15)14-5-3-4-9-6-12-7-10(9)14/h8-10,12H,3-7H2,1-2H3,(H,13,15). The van der Waals surface area contributed by atoms with Gasteiger partial charge in [0.2, 0.25) is 0 Å². The predicted octanol–water partition coefficient (Wildman–Crippen LogP) is 0.788. The number of likely N-dealkylation sites (tertiary alicyclic amines) is 1. The van der Waals surface area contributed by atoms with Crippen molar-refractivity contribution in [2.75, 3.05) is 19.6 Å². The minimum atomic E-state index is 0.114. The molecule has 2 amide bonds. The van der Waals surface area contributed by atoms with Crippen LogP contribution >= 0.6 is 0 Å². The summed E-state index contributed by atoms with van der Waals surface area (Å²) in [4.78, 5) is 14.0. The van der Waals surface area contributed by atoms with Crippen LogP contribution in [0, 0.1) is 5.92 Å². The average Bonchev–Trinajstić information content (AvgIpc) is 2.63. The zero-order valence-corrected chi connectivity index (χ0v) is 9.62. The maximum absolute atomic E-state index is 11.9. The van der Waals surface area contributed by atoms with Gasteiger partial charge in [-0.1, -0.05) is 0 Å². The lowest BCUT2D eigenvalue weighted by molar-refractivity contribution is 0.135. The fourth-order valence-corrected chi connectivity index (χ4v) is 2.65. The highest BCUT2D eigenvalue weighted by molar-refractivity contribution is 5.75. The second kappa shape index (κ2) is 4.39. The molecule has 0 radical (unpaired) electrons. The zero-order chi connectivity index (χ0) is 10.8. The van der Waals surface area contributed by atoms with E-state index in [1.165, 1.54) is 6.42 Å². The van der Waals surface area contributed by atoms with Gasteiger partial charge in [-0.3, -0.25) is 0 Å². The molecule has 4 heteroatoms. The minimum Gasteiger partial charge on any atom is -0.336 e. The van der Waals surface area contributed by atoms with Crippen LogP contribution in [0.4, 0.5) is 4.79 Å². The minimum absolute atomic E-state index is 0.114. The number of fused-ring (bicyclic) bond motifs is 1. The van der Waals surface area contributed by atoms with Crippen molar-refractivity contribution in [1.29, 1.82) is 0 Å². The summed E-state index contributed by atoms with van der Waals surface area (Å²) >= 11 is 0. The van der Waals surface area contributed by atoms with Crippen molar-refractivity contribution in [2.24, 2.45) is 5.92 Å². The van der Waals surface area contributed by atoms with E-state index in [1.807, 2.05) is 18.7 Å². The fraction of sp³-hybridized carbons (Fsp3) is 0.909. The molecule has 86 valence electrons. The Labute approximate surface area is 91.4 Å². The van der Waals surface area contributed by atoms with E-state index >= 15 is 0 Å². The Hall–Kier alpha value is -0.770. The van der Waals surface area contributed by atoms with Crippen molar-refractivity contribution in [3.8, 4) is 0 Å². The molecule has 0 spiro atoms. The van der Waals surface area contributed by atoms with Gasteiger partial charge in [-0.05, 0) is 32.6 Å². The predicted molar refractivity (Wildman–Crippen MR) is 59.8 cm³/mol. The number of urea groups is 1. The normalized spacial score (nSPS) is 30.5. The van der Waals surface area contributed by atoms with E-state index in [0.29, 0.717) is 12.0 Å². The van der Waals surface area contributed by atoms with E-state index in [2.05, 4.69) is 10.6 Å². The fourth-order valence-electron chi connectivity index (χ4n) is 2.65. The van der Waals surface area contributed by atoms with Gasteiger partial charge < -0.3 is 15.5 Å². The molecule has 2 aliphatic heterocycles. The lowest BCUT2D eigenvalue weighted by Gasteiger charge is -2.37. The van der Waals surface area contributed by atoms with E-state index in [9.17, 15) is 4.79 Å². The van der Waals surface area contributed by atoms with E-state index in [-0.39, 0.29) is 12.1 Å². The highest BCUT2D eigenvalue weighted by atomic mass is 16.2. The average molecular weight is 211 g/mol. The Kier molecular flexibility index (Phi) is 3.14. The smallest absolute Gasteiger partial charge is 0.317 e. The summed E-state index contributed by atoms with van der Waals surface area (Å²) in [6.07, 6.45) is 2.41. The topological polar surface area (TPSA) is 44.4 Å². The Morgan fingerprint density at radius 3 is 3.00 bits per heavy atom. The van der Waals surface area contributed by atoms with E-state index in [0.717, 1.165) is 26.1 Å². The molecular weight excluding hydrogens is 190 g/mol. The third-order valence-electron chi connectivity index (χ3n) is 3.35. The van der Waals surface area contributed by atoms with Gasteiger partial charge in [-0.25, -0.2) is 4.79 Å². The van der Waals surface area contributed by atoms with Crippen LogP contribution in [0.2, 0.25) is 0 Å². The van der Waals surface area contributed by atoms with Crippen molar-refractivity contribution in [3.63, 3.8) is 0 Å². The van der Waals surface area contributed by atoms with Crippen molar-refractivity contribution in [3.05, 3.63) is 0 Å². The van der Waals surface area contributed by atoms with Crippen LogP contribution in [-0.2, 0) is 0 Å². The maximum Gasteiger partial charge on any atom is 0.317 e. The molecule has 0 aliphatic carbocycles. The van der Waals surface area contributed by atoms with Crippen molar-refractivity contribution in [1.82, 2.24) is 15.5 Å². The number of carbonyl (C=O) groups excluding carboxylic acids is 1. The summed E-state index contributed by atoms with van der Waals surface area (Å²) in [6, 6.07) is 0.771. The van der Waals surface area contributed by atoms with Crippen LogP contribution < -0.4 is 10.6 Å². The highest BCUT2D eigenvalue weighted by Crippen LogP contribution is 2.26. The Balaban J connectivity index is 1.98. The summed E-state index contributed by atoms with van der Waals surface area (Å²) in [5, 5.41) is 6.37. The van der Waals surface area contributed by atoms with Crippen molar-refractivity contribution >= 4 is 6.03 Å². The Morgan fingerprint density at radius 2 is 2.27 bits per heavy atom. The van der Waals surface area contributed by atoms with Gasteiger partial charge in [0.05, 0.1) is 0 Å². The van der Waals surface area contributed by atoms with Gasteiger partial charge >= 0.3 is 6.03 Å². The van der Waals surface area contributed by atoms with Crippen LogP contribution in [0.25, 0.3) is 0 Å². The van der Waals surface area contributed by atoms with E-state index in [1.54, 1.807) is 0 Å². The van der Waals surface area contributed by atoms with Gasteiger partial charge in [-0.15, -0.1) is 0 Å². The number of nitrogens with zero attached hydrogens (tertiary/aromatic N) is 1. The number of carbonyl (C=O) groups is 1. The number of piperidine rings is 1. The van der Waals surface area contributed by atoms with Gasteiger partial charge in [0.15, 0.2) is 0 Å². The molecule has 2 fully saturated rings. The molecule has 2 saturated heterocycles. The molecule has 0 aromatic rings. The van der Waals surface area contributed by atoms with Crippen LogP contribution in [0.5, 0.6) is 0 Å². The quantitative estimate of drug-likeness (QED) is 0.673. The number of nitrogens with one attached hydrogen (secondary N) is 2. The van der Waals surface area contributed by atoms with Gasteiger partial charge in [-0.2, -0.15) is 0 Å². The van der Waals surface area contributed by atoms with E-state index < -0.39 is 0 Å². The first-order valence-corrected chi connectivity index (χ1v) is 5.96. The number of hydrogen-bond donors (Lipinski definition) is 2. The highest BCUT2D eigenvalue weighted by Gasteiger charge is 2.37. The molecule has 15 heavy (non-hydrogen) atoms. The second-order valence-corrected chi connectivity index (χ2v) is 4.93. The number of amides is 2. The van der Waals surface area contributed by atoms with Gasteiger partial charge in [0.25, 0.3) is 0 Å². The number of rotatable bonds is 1. The van der Waals surface area contributed by atoms with Gasteiger partial charge in [0, 0.05) is 31.7 Å². The molecule has 4 nitrogen and oxygen atoms in total. The molecule has 0 bridgehead atoms. The third-order valence-corrected chi connectivity index (χ3v) is 3.35. The molecular formula is C11H21N3O. The van der Waals surface area contributed by atoms with Crippen LogP contribution in [-0.4, -0.2) is 42.6 Å². The third kappa shape index (κ3) is 2.25. The molecule has 2 aliphatic rings. The summed E-state index contributed by atoms with van der Waals surface area (Å²) in [5.41, 5.74) is 0. The summed E-state index contributed by atoms with van der Waals surface area (Å²) < 4.78 is 0. The first-order valence-electron chi connectivity index (χ1n) is 5.96. The molecule has 2 unspecified atom stereocenters. The molecule has 2 heterocycles. The van der Waals surface area contributed by atoms with E-state index in [4.69, 9.17) is 0 Å². The SMILES string of the molecule is CC(C)NC(=O)N1CCCC2CNCC21. The molecule has 2 N–H and O–H groups in total. The lowest BCUT2D eigenvalue weighted by Crippen LogP contribution is -2.53. The second-order valence-electron chi connectivity index (χ2n) is 4.93. The maximum atomic E-state index is 11.9. The van der Waals surface area contributed by atoms with Gasteiger partial charge in [0.1, 0.15) is 0 Å². The van der Waals surface area contributed by atoms with Crippen LogP contribution in [0.15, 0.2) is 0 Å². The summed E-state index contributed by atoms with van der Waals surface area (Å²) in [7, 11) is 0. The monoisotopic (exact) mass is 211 g/mol. The van der Waals surface area contributed by atoms with Crippen molar-refractivity contribution in [2.45, 2.75) is 38.8 Å². The molecule has 0 aromatic carbocycles. The molecule has 0 saturated carbocycles. The summed E-state index contributed by atoms with van der Waals surface area (Å²) in [6.45, 7) is 6.98. The van der Waals surface area contributed by atoms with Crippen LogP contribution in [0.1, 0.15) is 26.7 Å². The summed E-state index contributed by atoms with van der Waals surface area (Å²) in [5.74, 6) is 0.677.